The van der Waals surface area contributed by atoms with Gasteiger partial charge in [-0.15, -0.1) is 11.3 Å². The highest BCUT2D eigenvalue weighted by atomic mass is 32.1. The van der Waals surface area contributed by atoms with Crippen LogP contribution in [-0.2, 0) is 17.8 Å². The number of carboxylic acids is 1. The van der Waals surface area contributed by atoms with Gasteiger partial charge in [0, 0.05) is 24.0 Å². The first-order valence-electron chi connectivity index (χ1n) is 9.16. The molecular weight excluding hydrogens is 404 g/mol. The van der Waals surface area contributed by atoms with Crippen molar-refractivity contribution in [1.82, 2.24) is 10.3 Å². The standard InChI is InChI=1S/C21H20N4O4S/c26-18(27)11-8-14-6-9-16(10-7-14)23-19(28)17-13-30-21(24-17)25-20(29)22-12-15-4-2-1-3-5-15/h1-7,9-10,13H,8,11-12H2,(H,23,28)(H,26,27)(H2,22,24,25,29). The van der Waals surface area contributed by atoms with E-state index in [0.29, 0.717) is 23.8 Å². The van der Waals surface area contributed by atoms with Crippen LogP contribution in [0.15, 0.2) is 60.0 Å². The zero-order valence-electron chi connectivity index (χ0n) is 15.9. The molecular formula is C21H20N4O4S. The Labute approximate surface area is 177 Å². The normalized spacial score (nSPS) is 10.3. The van der Waals surface area contributed by atoms with Gasteiger partial charge in [-0.25, -0.2) is 9.78 Å². The molecule has 4 N–H and O–H groups in total. The number of hydrogen-bond acceptors (Lipinski definition) is 5. The SMILES string of the molecule is O=C(O)CCc1ccc(NC(=O)c2csc(NC(=O)NCc3ccccc3)n2)cc1. The smallest absolute Gasteiger partial charge is 0.321 e. The first-order valence-corrected chi connectivity index (χ1v) is 10.0. The fraction of sp³-hybridized carbons (Fsp3) is 0.143. The molecule has 0 aliphatic rings. The highest BCUT2D eigenvalue weighted by Gasteiger charge is 2.13. The summed E-state index contributed by atoms with van der Waals surface area (Å²) in [6, 6.07) is 16.0. The third-order valence-corrected chi connectivity index (χ3v) is 4.85. The highest BCUT2D eigenvalue weighted by molar-refractivity contribution is 7.14. The molecule has 0 saturated heterocycles. The van der Waals surface area contributed by atoms with Gasteiger partial charge in [0.2, 0.25) is 0 Å². The highest BCUT2D eigenvalue weighted by Crippen LogP contribution is 2.17. The molecule has 0 aliphatic carbocycles. The number of carbonyl (C=O) groups is 3. The molecule has 2 aromatic carbocycles. The summed E-state index contributed by atoms with van der Waals surface area (Å²) in [5.74, 6) is -1.25. The van der Waals surface area contributed by atoms with E-state index in [9.17, 15) is 14.4 Å². The van der Waals surface area contributed by atoms with Crippen LogP contribution in [0.1, 0.15) is 28.0 Å². The first-order chi connectivity index (χ1) is 14.5. The average Bonchev–Trinajstić information content (AvgIpc) is 3.21. The topological polar surface area (TPSA) is 120 Å². The summed E-state index contributed by atoms with van der Waals surface area (Å²) in [4.78, 5) is 39.1. The lowest BCUT2D eigenvalue weighted by atomic mass is 10.1. The van der Waals surface area contributed by atoms with Crippen LogP contribution in [0.3, 0.4) is 0 Å². The number of rotatable bonds is 8. The minimum absolute atomic E-state index is 0.0548. The van der Waals surface area contributed by atoms with Crippen LogP contribution in [0.4, 0.5) is 15.6 Å². The van der Waals surface area contributed by atoms with Crippen LogP contribution in [-0.4, -0.2) is 28.0 Å². The predicted octanol–water partition coefficient (Wildman–Crippen LogP) is 3.73. The van der Waals surface area contributed by atoms with Crippen molar-refractivity contribution in [2.45, 2.75) is 19.4 Å². The number of carbonyl (C=O) groups excluding carboxylic acids is 2. The Morgan fingerprint density at radius 1 is 0.933 bits per heavy atom. The summed E-state index contributed by atoms with van der Waals surface area (Å²) < 4.78 is 0. The molecule has 0 spiro atoms. The molecule has 0 radical (unpaired) electrons. The zero-order chi connectivity index (χ0) is 21.3. The van der Waals surface area contributed by atoms with E-state index in [1.807, 2.05) is 30.3 Å². The molecule has 30 heavy (non-hydrogen) atoms. The molecule has 3 amide bonds. The average molecular weight is 424 g/mol. The Kier molecular flexibility index (Phi) is 7.12. The second-order valence-corrected chi connectivity index (χ2v) is 7.23. The Morgan fingerprint density at radius 3 is 2.37 bits per heavy atom. The van der Waals surface area contributed by atoms with Crippen molar-refractivity contribution in [1.29, 1.82) is 0 Å². The van der Waals surface area contributed by atoms with Gasteiger partial charge in [-0.3, -0.25) is 14.9 Å². The van der Waals surface area contributed by atoms with Crippen LogP contribution in [0.25, 0.3) is 0 Å². The summed E-state index contributed by atoms with van der Waals surface area (Å²) in [5, 5.41) is 18.7. The molecule has 8 nitrogen and oxygen atoms in total. The second-order valence-electron chi connectivity index (χ2n) is 6.38. The van der Waals surface area contributed by atoms with Crippen molar-refractivity contribution in [3.8, 4) is 0 Å². The Bertz CT molecular complexity index is 1020. The molecule has 0 atom stereocenters. The van der Waals surface area contributed by atoms with Crippen molar-refractivity contribution in [3.05, 3.63) is 76.8 Å². The number of aliphatic carboxylic acids is 1. The third kappa shape index (κ3) is 6.42. The number of carboxylic acid groups (broad SMARTS) is 1. The van der Waals surface area contributed by atoms with Crippen LogP contribution in [0.2, 0.25) is 0 Å². The molecule has 3 aromatic rings. The van der Waals surface area contributed by atoms with E-state index in [-0.39, 0.29) is 12.1 Å². The fourth-order valence-corrected chi connectivity index (χ4v) is 3.24. The van der Waals surface area contributed by atoms with E-state index in [2.05, 4.69) is 20.9 Å². The number of thiazole rings is 1. The predicted molar refractivity (Wildman–Crippen MR) is 115 cm³/mol. The number of anilines is 2. The number of hydrogen-bond donors (Lipinski definition) is 4. The van der Waals surface area contributed by atoms with Gasteiger partial charge >= 0.3 is 12.0 Å². The van der Waals surface area contributed by atoms with Gasteiger partial charge in [-0.1, -0.05) is 42.5 Å². The van der Waals surface area contributed by atoms with E-state index in [1.54, 1.807) is 29.6 Å². The van der Waals surface area contributed by atoms with E-state index in [4.69, 9.17) is 5.11 Å². The van der Waals surface area contributed by atoms with Gasteiger partial charge in [0.05, 0.1) is 0 Å². The van der Waals surface area contributed by atoms with Crippen LogP contribution < -0.4 is 16.0 Å². The molecule has 1 heterocycles. The fourth-order valence-electron chi connectivity index (χ4n) is 2.56. The lowest BCUT2D eigenvalue weighted by Crippen LogP contribution is -2.28. The number of aryl methyl sites for hydroxylation is 1. The lowest BCUT2D eigenvalue weighted by molar-refractivity contribution is -0.136. The molecule has 1 aromatic heterocycles. The third-order valence-electron chi connectivity index (χ3n) is 4.09. The van der Waals surface area contributed by atoms with Crippen LogP contribution >= 0.6 is 11.3 Å². The Hall–Kier alpha value is -3.72. The van der Waals surface area contributed by atoms with Gasteiger partial charge < -0.3 is 15.7 Å². The van der Waals surface area contributed by atoms with Gasteiger partial charge in [-0.2, -0.15) is 0 Å². The number of aromatic nitrogens is 1. The lowest BCUT2D eigenvalue weighted by Gasteiger charge is -2.06. The molecule has 0 aliphatic heterocycles. The first kappa shape index (κ1) is 21.0. The summed E-state index contributed by atoms with van der Waals surface area (Å²) in [6.07, 6.45) is 0.482. The molecule has 9 heteroatoms. The van der Waals surface area contributed by atoms with Crippen molar-refractivity contribution in [2.75, 3.05) is 10.6 Å². The number of nitrogens with zero attached hydrogens (tertiary/aromatic N) is 1. The van der Waals surface area contributed by atoms with Gasteiger partial charge in [0.1, 0.15) is 5.69 Å². The minimum Gasteiger partial charge on any atom is -0.481 e. The Balaban J connectivity index is 1.49. The van der Waals surface area contributed by atoms with E-state index in [0.717, 1.165) is 22.5 Å². The molecule has 0 unspecified atom stereocenters. The molecule has 3 rings (SSSR count). The van der Waals surface area contributed by atoms with Crippen molar-refractivity contribution >= 4 is 40.1 Å². The summed E-state index contributed by atoms with van der Waals surface area (Å²) >= 11 is 1.15. The van der Waals surface area contributed by atoms with Crippen molar-refractivity contribution in [3.63, 3.8) is 0 Å². The zero-order valence-corrected chi connectivity index (χ0v) is 16.7. The van der Waals surface area contributed by atoms with Gasteiger partial charge in [0.15, 0.2) is 5.13 Å². The summed E-state index contributed by atoms with van der Waals surface area (Å²) in [6.45, 7) is 0.383. The van der Waals surface area contributed by atoms with Crippen molar-refractivity contribution < 1.29 is 19.5 Å². The maximum absolute atomic E-state index is 12.4. The number of amides is 3. The van der Waals surface area contributed by atoms with Gasteiger partial charge in [-0.05, 0) is 29.7 Å². The van der Waals surface area contributed by atoms with E-state index >= 15 is 0 Å². The molecule has 0 saturated carbocycles. The second kappa shape index (κ2) is 10.2. The summed E-state index contributed by atoms with van der Waals surface area (Å²) in [5.41, 5.74) is 2.60. The minimum atomic E-state index is -0.853. The molecule has 0 bridgehead atoms. The maximum Gasteiger partial charge on any atom is 0.321 e. The number of nitrogens with one attached hydrogen (secondary N) is 3. The van der Waals surface area contributed by atoms with Crippen LogP contribution in [0, 0.1) is 0 Å². The quantitative estimate of drug-likeness (QED) is 0.439. The monoisotopic (exact) mass is 424 g/mol. The molecule has 154 valence electrons. The van der Waals surface area contributed by atoms with Crippen molar-refractivity contribution in [2.24, 2.45) is 0 Å². The van der Waals surface area contributed by atoms with E-state index in [1.165, 1.54) is 0 Å². The number of benzene rings is 2. The summed E-state index contributed by atoms with van der Waals surface area (Å²) in [7, 11) is 0. The Morgan fingerprint density at radius 2 is 1.67 bits per heavy atom. The maximum atomic E-state index is 12.4. The number of urea groups is 1. The molecule has 0 fully saturated rings. The van der Waals surface area contributed by atoms with Gasteiger partial charge in [0.25, 0.3) is 5.91 Å². The van der Waals surface area contributed by atoms with Crippen LogP contribution in [0.5, 0.6) is 0 Å². The van der Waals surface area contributed by atoms with E-state index < -0.39 is 17.9 Å². The largest absolute Gasteiger partial charge is 0.481 e.